The molecule has 0 atom stereocenters. The second kappa shape index (κ2) is 14.2. The summed E-state index contributed by atoms with van der Waals surface area (Å²) < 4.78 is 0. The van der Waals surface area contributed by atoms with Gasteiger partial charge in [0.15, 0.2) is 0 Å². The summed E-state index contributed by atoms with van der Waals surface area (Å²) in [5.41, 5.74) is 16.6. The van der Waals surface area contributed by atoms with Gasteiger partial charge in [-0.05, 0) is 94.5 Å². The fourth-order valence-corrected chi connectivity index (χ4v) is 9.23. The first-order valence-electron chi connectivity index (χ1n) is 19.3. The van der Waals surface area contributed by atoms with Gasteiger partial charge in [-0.25, -0.2) is 0 Å². The van der Waals surface area contributed by atoms with Crippen molar-refractivity contribution in [3.05, 3.63) is 117 Å². The normalized spacial score (nSPS) is 18.4. The van der Waals surface area contributed by atoms with Gasteiger partial charge < -0.3 is 29.4 Å². The van der Waals surface area contributed by atoms with Gasteiger partial charge in [-0.1, -0.05) is 48.5 Å². The van der Waals surface area contributed by atoms with Crippen LogP contribution >= 0.6 is 0 Å². The number of rotatable bonds is 4. The van der Waals surface area contributed by atoms with Gasteiger partial charge in [-0.3, -0.25) is 0 Å². The van der Waals surface area contributed by atoms with E-state index in [-0.39, 0.29) is 0 Å². The van der Waals surface area contributed by atoms with Crippen LogP contribution in [-0.4, -0.2) is 62.4 Å². The summed E-state index contributed by atoms with van der Waals surface area (Å²) in [6.07, 6.45) is 5.06. The SMILES string of the molecule is N#CCCN1CCc2ccc3c(c2)CN2CN3Cc3cc(ccc32)CCN(CCC#N)CCc2ccc3c(c2)CN2CN3Cc3cc(ccc32)CC1. The summed E-state index contributed by atoms with van der Waals surface area (Å²) in [5.74, 6) is 0. The second-order valence-electron chi connectivity index (χ2n) is 15.4. The lowest BCUT2D eigenvalue weighted by atomic mass is 9.97. The zero-order valence-corrected chi connectivity index (χ0v) is 30.2. The van der Waals surface area contributed by atoms with Crippen LogP contribution in [-0.2, 0) is 51.9 Å². The molecule has 11 aliphatic heterocycles. The van der Waals surface area contributed by atoms with Crippen molar-refractivity contribution in [3.8, 4) is 12.1 Å². The van der Waals surface area contributed by atoms with Crippen LogP contribution in [0.5, 0.6) is 0 Å². The first-order chi connectivity index (χ1) is 25.6. The summed E-state index contributed by atoms with van der Waals surface area (Å²) in [4.78, 5) is 15.1. The largest absolute Gasteiger partial charge is 0.349 e. The lowest BCUT2D eigenvalue weighted by Gasteiger charge is -2.45. The third kappa shape index (κ3) is 6.58. The summed E-state index contributed by atoms with van der Waals surface area (Å²) in [6, 6.07) is 33.2. The second-order valence-corrected chi connectivity index (χ2v) is 15.4. The molecule has 0 saturated carbocycles. The van der Waals surface area contributed by atoms with Crippen molar-refractivity contribution in [1.82, 2.24) is 9.80 Å². The molecule has 0 aromatic heterocycles. The molecule has 8 nitrogen and oxygen atoms in total. The molecule has 4 aromatic carbocycles. The van der Waals surface area contributed by atoms with Crippen LogP contribution in [0.4, 0.5) is 22.7 Å². The van der Waals surface area contributed by atoms with Gasteiger partial charge in [0.1, 0.15) is 0 Å². The molecule has 0 fully saturated rings. The van der Waals surface area contributed by atoms with Crippen LogP contribution < -0.4 is 19.6 Å². The van der Waals surface area contributed by atoms with E-state index in [9.17, 15) is 10.5 Å². The number of hydrogen-bond donors (Lipinski definition) is 0. The minimum Gasteiger partial charge on any atom is -0.349 e. The Balaban J connectivity index is 1.01. The predicted octanol–water partition coefficient (Wildman–Crippen LogP) is 6.60. The minimum atomic E-state index is 0.559. The number of nitriles is 2. The molecule has 0 N–H and O–H groups in total. The van der Waals surface area contributed by atoms with Gasteiger partial charge in [0.2, 0.25) is 0 Å². The highest BCUT2D eigenvalue weighted by atomic mass is 15.4. The highest BCUT2D eigenvalue weighted by molar-refractivity contribution is 5.69. The topological polar surface area (TPSA) is 67.0 Å². The molecule has 15 rings (SSSR count). The number of hydrogen-bond acceptors (Lipinski definition) is 8. The van der Waals surface area contributed by atoms with E-state index in [4.69, 9.17) is 0 Å². The fraction of sp³-hybridized carbons (Fsp3) is 0.409. The first kappa shape index (κ1) is 32.9. The number of anilines is 4. The maximum absolute atomic E-state index is 9.45. The third-order valence-electron chi connectivity index (χ3n) is 12.0. The Morgan fingerprint density at radius 2 is 0.712 bits per heavy atom. The van der Waals surface area contributed by atoms with E-state index in [0.717, 1.165) is 104 Å². The average Bonchev–Trinajstić information content (AvgIpc) is 3.16. The molecule has 8 heteroatoms. The van der Waals surface area contributed by atoms with Gasteiger partial charge in [-0.15, -0.1) is 0 Å². The predicted molar refractivity (Wildman–Crippen MR) is 208 cm³/mol. The quantitative estimate of drug-likeness (QED) is 0.238. The summed E-state index contributed by atoms with van der Waals surface area (Å²) in [6.45, 7) is 11.0. The Hall–Kier alpha value is -5.02. The Morgan fingerprint density at radius 1 is 0.423 bits per heavy atom. The molecule has 0 spiro atoms. The lowest BCUT2D eigenvalue weighted by molar-refractivity contribution is 0.287. The molecule has 52 heavy (non-hydrogen) atoms. The van der Waals surface area contributed by atoms with Crippen LogP contribution in [0.25, 0.3) is 0 Å². The molecular weight excluding hydrogens is 641 g/mol. The zero-order valence-electron chi connectivity index (χ0n) is 30.2. The van der Waals surface area contributed by atoms with Crippen LogP contribution in [0.15, 0.2) is 72.8 Å². The van der Waals surface area contributed by atoms with Crippen molar-refractivity contribution in [2.75, 3.05) is 72.2 Å². The van der Waals surface area contributed by atoms with E-state index in [1.165, 1.54) is 67.3 Å². The van der Waals surface area contributed by atoms with Crippen LogP contribution in [0.2, 0.25) is 0 Å². The van der Waals surface area contributed by atoms with Gasteiger partial charge in [0.25, 0.3) is 0 Å². The third-order valence-corrected chi connectivity index (χ3v) is 12.0. The molecule has 4 aromatic rings. The molecule has 0 unspecified atom stereocenters. The molecule has 264 valence electrons. The summed E-state index contributed by atoms with van der Waals surface area (Å²) in [7, 11) is 0. The van der Waals surface area contributed by atoms with Crippen molar-refractivity contribution in [1.29, 1.82) is 10.5 Å². The van der Waals surface area contributed by atoms with Crippen molar-refractivity contribution < 1.29 is 0 Å². The van der Waals surface area contributed by atoms with E-state index < -0.39 is 0 Å². The Morgan fingerprint density at radius 3 is 0.981 bits per heavy atom. The Kier molecular flexibility index (Phi) is 8.96. The molecule has 16 bridgehead atoms. The zero-order chi connectivity index (χ0) is 35.0. The van der Waals surface area contributed by atoms with Crippen molar-refractivity contribution >= 4 is 22.7 Å². The van der Waals surface area contributed by atoms with E-state index in [0.29, 0.717) is 12.8 Å². The Labute approximate surface area is 308 Å². The molecule has 11 heterocycles. The highest BCUT2D eigenvalue weighted by Crippen LogP contribution is 2.40. The van der Waals surface area contributed by atoms with Crippen molar-refractivity contribution in [2.45, 2.75) is 64.7 Å². The van der Waals surface area contributed by atoms with Gasteiger partial charge in [0.05, 0.1) is 25.5 Å². The maximum atomic E-state index is 9.45. The van der Waals surface area contributed by atoms with Crippen LogP contribution in [0.1, 0.15) is 57.3 Å². The standard InChI is InChI=1S/C44H48N8/c45-15-1-17-47-19-11-33-3-7-41-37(23-33)27-49-31-51(41)29-39-25-35(5-9-43(39)49)13-21-48(18-2-16-46)22-14-36-6-10-44-40(26-36)30-52-32-50(44)28-38-24-34(12-20-47)4-8-42(38)52/h3-10,23-26H,1-2,11-14,17-22,27-32H2. The smallest absolute Gasteiger partial charge is 0.0910 e. The van der Waals surface area contributed by atoms with E-state index in [2.05, 4.69) is 114 Å². The molecule has 11 aliphatic rings. The summed E-state index contributed by atoms with van der Waals surface area (Å²) in [5, 5.41) is 18.9. The highest BCUT2D eigenvalue weighted by Gasteiger charge is 2.31. The van der Waals surface area contributed by atoms with Gasteiger partial charge in [-0.2, -0.15) is 10.5 Å². The Bertz CT molecular complexity index is 1780. The fourth-order valence-electron chi connectivity index (χ4n) is 9.23. The molecule has 0 radical (unpaired) electrons. The van der Waals surface area contributed by atoms with Gasteiger partial charge >= 0.3 is 0 Å². The molecule has 0 aliphatic carbocycles. The molecular formula is C44H48N8. The number of benzene rings is 4. The molecule has 0 amide bonds. The van der Waals surface area contributed by atoms with Crippen LogP contribution in [0, 0.1) is 22.7 Å². The number of nitrogens with zero attached hydrogens (tertiary/aromatic N) is 8. The monoisotopic (exact) mass is 688 g/mol. The van der Waals surface area contributed by atoms with E-state index >= 15 is 0 Å². The molecule has 0 saturated heterocycles. The lowest BCUT2D eigenvalue weighted by Crippen LogP contribution is -2.46. The minimum absolute atomic E-state index is 0.559. The summed E-state index contributed by atoms with van der Waals surface area (Å²) >= 11 is 0. The average molecular weight is 689 g/mol. The van der Waals surface area contributed by atoms with Gasteiger partial charge in [0, 0.05) is 101 Å². The van der Waals surface area contributed by atoms with Crippen molar-refractivity contribution in [2.24, 2.45) is 0 Å². The van der Waals surface area contributed by atoms with E-state index in [1.807, 2.05) is 0 Å². The maximum Gasteiger partial charge on any atom is 0.0910 e. The van der Waals surface area contributed by atoms with Crippen molar-refractivity contribution in [3.63, 3.8) is 0 Å². The van der Waals surface area contributed by atoms with Crippen LogP contribution in [0.3, 0.4) is 0 Å². The first-order valence-corrected chi connectivity index (χ1v) is 19.3. The van der Waals surface area contributed by atoms with E-state index in [1.54, 1.807) is 0 Å².